The van der Waals surface area contributed by atoms with Crippen LogP contribution in [0.2, 0.25) is 0 Å². The molecule has 0 spiro atoms. The van der Waals surface area contributed by atoms with Gasteiger partial charge >= 0.3 is 0 Å². The zero-order chi connectivity index (χ0) is 19.4. The van der Waals surface area contributed by atoms with Gasteiger partial charge in [-0.2, -0.15) is 0 Å². The van der Waals surface area contributed by atoms with E-state index in [1.165, 1.54) is 20.3 Å². The minimum absolute atomic E-state index is 0.0134. The van der Waals surface area contributed by atoms with Gasteiger partial charge in [0.15, 0.2) is 5.43 Å². The van der Waals surface area contributed by atoms with Crippen molar-refractivity contribution in [1.82, 2.24) is 0 Å². The number of hydrogen-bond acceptors (Lipinski definition) is 7. The van der Waals surface area contributed by atoms with E-state index in [4.69, 9.17) is 23.7 Å². The standard InChI is InChI=1S/C20H20O7/c1-24-15-7-18(25-2)20-16(23)9-17(27-19(20)8-15)12-3-5-14(6-4-12)26-11-13(22)10-21/h3-9,13,21-22H,10-11H2,1-2H3. The molecule has 27 heavy (non-hydrogen) atoms. The quantitative estimate of drug-likeness (QED) is 0.656. The molecule has 1 unspecified atom stereocenters. The monoisotopic (exact) mass is 372 g/mol. The highest BCUT2D eigenvalue weighted by molar-refractivity contribution is 5.86. The van der Waals surface area contributed by atoms with Crippen molar-refractivity contribution in [2.75, 3.05) is 27.4 Å². The second kappa shape index (κ2) is 8.11. The molecule has 7 nitrogen and oxygen atoms in total. The molecule has 0 bridgehead atoms. The van der Waals surface area contributed by atoms with Crippen molar-refractivity contribution >= 4 is 11.0 Å². The molecule has 0 radical (unpaired) electrons. The molecule has 0 aliphatic rings. The molecule has 1 atom stereocenters. The van der Waals surface area contributed by atoms with Crippen molar-refractivity contribution in [3.63, 3.8) is 0 Å². The predicted octanol–water partition coefficient (Wildman–Crippen LogP) is 2.21. The number of rotatable bonds is 7. The van der Waals surface area contributed by atoms with E-state index >= 15 is 0 Å². The number of fused-ring (bicyclic) bond motifs is 1. The molecule has 3 aromatic rings. The second-order valence-corrected chi connectivity index (χ2v) is 5.85. The Morgan fingerprint density at radius 1 is 1.04 bits per heavy atom. The highest BCUT2D eigenvalue weighted by atomic mass is 16.5. The maximum atomic E-state index is 12.6. The van der Waals surface area contributed by atoms with Crippen molar-refractivity contribution in [3.05, 3.63) is 52.7 Å². The van der Waals surface area contributed by atoms with E-state index in [-0.39, 0.29) is 18.6 Å². The van der Waals surface area contributed by atoms with Crippen LogP contribution < -0.4 is 19.6 Å². The van der Waals surface area contributed by atoms with Crippen LogP contribution in [-0.4, -0.2) is 43.8 Å². The van der Waals surface area contributed by atoms with Gasteiger partial charge in [0.1, 0.15) is 46.7 Å². The molecular formula is C20H20O7. The zero-order valence-corrected chi connectivity index (χ0v) is 15.0. The first-order chi connectivity index (χ1) is 13.0. The van der Waals surface area contributed by atoms with Crippen LogP contribution in [0, 0.1) is 0 Å². The number of aliphatic hydroxyl groups excluding tert-OH is 2. The molecule has 0 saturated heterocycles. The Morgan fingerprint density at radius 3 is 2.41 bits per heavy atom. The minimum atomic E-state index is -0.937. The average molecular weight is 372 g/mol. The number of hydrogen-bond donors (Lipinski definition) is 2. The van der Waals surface area contributed by atoms with Crippen molar-refractivity contribution in [2.45, 2.75) is 6.10 Å². The van der Waals surface area contributed by atoms with Crippen molar-refractivity contribution in [3.8, 4) is 28.6 Å². The Balaban J connectivity index is 1.96. The third-order valence-corrected chi connectivity index (χ3v) is 4.02. The highest BCUT2D eigenvalue weighted by Gasteiger charge is 2.14. The van der Waals surface area contributed by atoms with E-state index in [0.29, 0.717) is 39.5 Å². The molecule has 0 saturated carbocycles. The first-order valence-electron chi connectivity index (χ1n) is 8.27. The van der Waals surface area contributed by atoms with Crippen LogP contribution in [0.15, 0.2) is 51.7 Å². The van der Waals surface area contributed by atoms with E-state index in [2.05, 4.69) is 0 Å². The molecular weight excluding hydrogens is 352 g/mol. The molecule has 142 valence electrons. The van der Waals surface area contributed by atoms with E-state index in [0.717, 1.165) is 0 Å². The Kier molecular flexibility index (Phi) is 5.63. The van der Waals surface area contributed by atoms with Gasteiger partial charge in [-0.15, -0.1) is 0 Å². The maximum absolute atomic E-state index is 12.6. The molecule has 2 N–H and O–H groups in total. The van der Waals surface area contributed by atoms with Crippen LogP contribution >= 0.6 is 0 Å². The van der Waals surface area contributed by atoms with Crippen LogP contribution in [-0.2, 0) is 0 Å². The van der Waals surface area contributed by atoms with E-state index in [1.54, 1.807) is 36.4 Å². The Hall–Kier alpha value is -3.03. The topological polar surface area (TPSA) is 98.4 Å². The van der Waals surface area contributed by atoms with Gasteiger partial charge in [0, 0.05) is 23.8 Å². The zero-order valence-electron chi connectivity index (χ0n) is 15.0. The summed E-state index contributed by atoms with van der Waals surface area (Å²) in [6.07, 6.45) is -0.937. The minimum Gasteiger partial charge on any atom is -0.496 e. The maximum Gasteiger partial charge on any atom is 0.197 e. The van der Waals surface area contributed by atoms with E-state index < -0.39 is 6.10 Å². The summed E-state index contributed by atoms with van der Waals surface area (Å²) in [6, 6.07) is 11.5. The van der Waals surface area contributed by atoms with Gasteiger partial charge in [-0.3, -0.25) is 4.79 Å². The molecule has 3 rings (SSSR count). The molecule has 0 aliphatic carbocycles. The second-order valence-electron chi connectivity index (χ2n) is 5.85. The van der Waals surface area contributed by atoms with Crippen LogP contribution in [0.5, 0.6) is 17.2 Å². The molecule has 0 fully saturated rings. The lowest BCUT2D eigenvalue weighted by atomic mass is 10.1. The first kappa shape index (κ1) is 18.8. The molecule has 2 aromatic carbocycles. The molecule has 0 amide bonds. The number of benzene rings is 2. The lowest BCUT2D eigenvalue weighted by Gasteiger charge is -2.11. The van der Waals surface area contributed by atoms with Crippen LogP contribution in [0.3, 0.4) is 0 Å². The van der Waals surface area contributed by atoms with E-state index in [1.807, 2.05) is 0 Å². The Morgan fingerprint density at radius 2 is 1.78 bits per heavy atom. The lowest BCUT2D eigenvalue weighted by Crippen LogP contribution is -2.21. The fourth-order valence-electron chi connectivity index (χ4n) is 2.61. The molecule has 0 aliphatic heterocycles. The van der Waals surface area contributed by atoms with Gasteiger partial charge in [0.2, 0.25) is 0 Å². The van der Waals surface area contributed by atoms with Crippen LogP contribution in [0.1, 0.15) is 0 Å². The van der Waals surface area contributed by atoms with Gasteiger partial charge in [0.25, 0.3) is 0 Å². The van der Waals surface area contributed by atoms with Gasteiger partial charge in [0.05, 0.1) is 20.8 Å². The normalized spacial score (nSPS) is 12.0. The summed E-state index contributed by atoms with van der Waals surface area (Å²) < 4.78 is 21.8. The van der Waals surface area contributed by atoms with Crippen molar-refractivity contribution in [1.29, 1.82) is 0 Å². The largest absolute Gasteiger partial charge is 0.496 e. The Labute approximate surface area is 155 Å². The van der Waals surface area contributed by atoms with Gasteiger partial charge in [-0.25, -0.2) is 0 Å². The lowest BCUT2D eigenvalue weighted by molar-refractivity contribution is 0.0536. The van der Waals surface area contributed by atoms with Crippen LogP contribution in [0.4, 0.5) is 0 Å². The van der Waals surface area contributed by atoms with Crippen molar-refractivity contribution in [2.24, 2.45) is 0 Å². The molecule has 1 heterocycles. The fraction of sp³-hybridized carbons (Fsp3) is 0.250. The number of aliphatic hydroxyl groups is 2. The first-order valence-corrected chi connectivity index (χ1v) is 8.27. The van der Waals surface area contributed by atoms with Gasteiger partial charge in [-0.05, 0) is 24.3 Å². The number of methoxy groups -OCH3 is 2. The SMILES string of the molecule is COc1cc(OC)c2c(=O)cc(-c3ccc(OCC(O)CO)cc3)oc2c1. The molecule has 7 heteroatoms. The predicted molar refractivity (Wildman–Crippen MR) is 99.6 cm³/mol. The van der Waals surface area contributed by atoms with Crippen molar-refractivity contribution < 1.29 is 28.8 Å². The third kappa shape index (κ3) is 4.05. The highest BCUT2D eigenvalue weighted by Crippen LogP contribution is 2.32. The van der Waals surface area contributed by atoms with Gasteiger partial charge < -0.3 is 28.8 Å². The summed E-state index contributed by atoms with van der Waals surface area (Å²) >= 11 is 0. The summed E-state index contributed by atoms with van der Waals surface area (Å²) in [5.41, 5.74) is 0.822. The molecule has 1 aromatic heterocycles. The van der Waals surface area contributed by atoms with Gasteiger partial charge in [-0.1, -0.05) is 0 Å². The smallest absolute Gasteiger partial charge is 0.197 e. The van der Waals surface area contributed by atoms with E-state index in [9.17, 15) is 9.90 Å². The summed E-state index contributed by atoms with van der Waals surface area (Å²) in [6.45, 7) is -0.381. The number of ether oxygens (including phenoxy) is 3. The van der Waals surface area contributed by atoms with Crippen LogP contribution in [0.25, 0.3) is 22.3 Å². The summed E-state index contributed by atoms with van der Waals surface area (Å²) in [7, 11) is 3.00. The fourth-order valence-corrected chi connectivity index (χ4v) is 2.61. The summed E-state index contributed by atoms with van der Waals surface area (Å²) in [5.74, 6) is 1.82. The Bertz CT molecular complexity index is 976. The summed E-state index contributed by atoms with van der Waals surface area (Å²) in [5, 5.41) is 18.5. The average Bonchev–Trinajstić information content (AvgIpc) is 2.71. The third-order valence-electron chi connectivity index (χ3n) is 4.02. The summed E-state index contributed by atoms with van der Waals surface area (Å²) in [4.78, 5) is 12.6.